The highest BCUT2D eigenvalue weighted by Gasteiger charge is 2.23. The molecule has 170 valence electrons. The highest BCUT2D eigenvalue weighted by molar-refractivity contribution is 5.94. The Morgan fingerprint density at radius 3 is 2.45 bits per heavy atom. The third-order valence-corrected chi connectivity index (χ3v) is 5.33. The maximum absolute atomic E-state index is 14.4. The predicted octanol–water partition coefficient (Wildman–Crippen LogP) is 5.80. The Hall–Kier alpha value is -3.61. The van der Waals surface area contributed by atoms with Gasteiger partial charge in [0, 0.05) is 19.2 Å². The van der Waals surface area contributed by atoms with Crippen molar-refractivity contribution in [2.24, 2.45) is 5.92 Å². The largest absolute Gasteiger partial charge is 0.331 e. The van der Waals surface area contributed by atoms with Crippen LogP contribution in [0.25, 0.3) is 11.0 Å². The van der Waals surface area contributed by atoms with E-state index in [0.717, 1.165) is 28.7 Å². The van der Waals surface area contributed by atoms with Crippen LogP contribution in [0.2, 0.25) is 0 Å². The van der Waals surface area contributed by atoms with Crippen molar-refractivity contribution in [2.45, 2.75) is 26.9 Å². The Kier molecular flexibility index (Phi) is 6.49. The van der Waals surface area contributed by atoms with E-state index in [1.807, 2.05) is 48.7 Å². The number of hydrogen-bond acceptors (Lipinski definition) is 2. The Morgan fingerprint density at radius 1 is 0.970 bits per heavy atom. The van der Waals surface area contributed by atoms with Crippen molar-refractivity contribution in [1.82, 2.24) is 14.5 Å². The molecule has 0 saturated heterocycles. The minimum atomic E-state index is -0.901. The molecule has 3 aromatic carbocycles. The predicted molar refractivity (Wildman–Crippen MR) is 121 cm³/mol. The van der Waals surface area contributed by atoms with Crippen LogP contribution in [-0.4, -0.2) is 26.9 Å². The minimum Gasteiger partial charge on any atom is -0.331 e. The molecule has 0 aliphatic heterocycles. The van der Waals surface area contributed by atoms with Crippen LogP contribution in [-0.2, 0) is 13.1 Å². The van der Waals surface area contributed by atoms with E-state index in [-0.39, 0.29) is 23.8 Å². The van der Waals surface area contributed by atoms with Gasteiger partial charge in [0.2, 0.25) is 0 Å². The number of hydrogen-bond donors (Lipinski definition) is 0. The molecule has 1 aromatic heterocycles. The molecule has 0 saturated carbocycles. The van der Waals surface area contributed by atoms with Gasteiger partial charge in [0.25, 0.3) is 5.91 Å². The van der Waals surface area contributed by atoms with Gasteiger partial charge in [0.1, 0.15) is 23.3 Å². The number of rotatable bonds is 7. The summed E-state index contributed by atoms with van der Waals surface area (Å²) < 4.78 is 43.5. The van der Waals surface area contributed by atoms with Crippen LogP contribution in [0.3, 0.4) is 0 Å². The van der Waals surface area contributed by atoms with Crippen molar-refractivity contribution in [3.05, 3.63) is 101 Å². The van der Waals surface area contributed by atoms with Gasteiger partial charge >= 0.3 is 0 Å². The first-order valence-electron chi connectivity index (χ1n) is 10.7. The molecule has 0 unspecified atom stereocenters. The smallest absolute Gasteiger partial charge is 0.257 e. The fourth-order valence-electron chi connectivity index (χ4n) is 3.90. The molecular weight excluding hydrogens is 427 g/mol. The molecule has 1 amide bonds. The van der Waals surface area contributed by atoms with E-state index in [0.29, 0.717) is 25.0 Å². The van der Waals surface area contributed by atoms with Crippen LogP contribution in [0.5, 0.6) is 0 Å². The summed E-state index contributed by atoms with van der Waals surface area (Å²) in [7, 11) is 0. The SMILES string of the molecule is CC(C)CN(Cc1nc2ccccc2n1Cc1cccc(F)c1)C(=O)c1ccc(F)cc1F. The lowest BCUT2D eigenvalue weighted by Gasteiger charge is -2.25. The van der Waals surface area contributed by atoms with Crippen LogP contribution < -0.4 is 0 Å². The van der Waals surface area contributed by atoms with Crippen LogP contribution in [0.4, 0.5) is 13.2 Å². The number of carbonyl (C=O) groups excluding carboxylic acids is 1. The van der Waals surface area contributed by atoms with Gasteiger partial charge in [-0.05, 0) is 47.9 Å². The summed E-state index contributed by atoms with van der Waals surface area (Å²) in [5, 5.41) is 0. The average Bonchev–Trinajstić information content (AvgIpc) is 3.09. The quantitative estimate of drug-likeness (QED) is 0.356. The molecule has 1 heterocycles. The molecule has 0 spiro atoms. The topological polar surface area (TPSA) is 38.1 Å². The van der Waals surface area contributed by atoms with Gasteiger partial charge < -0.3 is 9.47 Å². The molecule has 0 aliphatic rings. The Morgan fingerprint density at radius 2 is 1.73 bits per heavy atom. The van der Waals surface area contributed by atoms with Crippen LogP contribution in [0.1, 0.15) is 35.6 Å². The van der Waals surface area contributed by atoms with Gasteiger partial charge in [0.05, 0.1) is 23.1 Å². The van der Waals surface area contributed by atoms with E-state index in [1.165, 1.54) is 17.0 Å². The standard InChI is InChI=1S/C26H24F3N3O/c1-17(2)14-31(26(33)21-11-10-20(28)13-22(21)29)16-25-30-23-8-3-4-9-24(23)32(25)15-18-6-5-7-19(27)12-18/h3-13,17H,14-16H2,1-2H3. The first-order valence-corrected chi connectivity index (χ1v) is 10.7. The average molecular weight is 451 g/mol. The third-order valence-electron chi connectivity index (χ3n) is 5.33. The molecule has 0 bridgehead atoms. The minimum absolute atomic E-state index is 0.110. The van der Waals surface area contributed by atoms with E-state index < -0.39 is 17.5 Å². The van der Waals surface area contributed by atoms with Crippen molar-refractivity contribution in [3.8, 4) is 0 Å². The molecule has 0 N–H and O–H groups in total. The van der Waals surface area contributed by atoms with Crippen molar-refractivity contribution in [1.29, 1.82) is 0 Å². The lowest BCUT2D eigenvalue weighted by Crippen LogP contribution is -2.35. The third kappa shape index (κ3) is 5.08. The fraction of sp³-hybridized carbons (Fsp3) is 0.231. The summed E-state index contributed by atoms with van der Waals surface area (Å²) in [4.78, 5) is 19.5. The Balaban J connectivity index is 1.73. The van der Waals surface area contributed by atoms with Crippen LogP contribution >= 0.6 is 0 Å². The van der Waals surface area contributed by atoms with Gasteiger partial charge in [-0.25, -0.2) is 18.2 Å². The lowest BCUT2D eigenvalue weighted by atomic mass is 10.1. The van der Waals surface area contributed by atoms with E-state index in [4.69, 9.17) is 4.98 Å². The van der Waals surface area contributed by atoms with Gasteiger partial charge in [-0.1, -0.05) is 38.1 Å². The van der Waals surface area contributed by atoms with Gasteiger partial charge in [-0.15, -0.1) is 0 Å². The number of fused-ring (bicyclic) bond motifs is 1. The molecular formula is C26H24F3N3O. The van der Waals surface area contributed by atoms with Crippen LogP contribution in [0.15, 0.2) is 66.7 Å². The summed E-state index contributed by atoms with van der Waals surface area (Å²) in [6.45, 7) is 4.76. The summed E-state index contributed by atoms with van der Waals surface area (Å²) >= 11 is 0. The maximum atomic E-state index is 14.4. The number of aromatic nitrogens is 2. The normalized spacial score (nSPS) is 11.3. The molecule has 0 radical (unpaired) electrons. The molecule has 0 atom stereocenters. The maximum Gasteiger partial charge on any atom is 0.257 e. The zero-order chi connectivity index (χ0) is 23.5. The number of nitrogens with zero attached hydrogens (tertiary/aromatic N) is 3. The summed E-state index contributed by atoms with van der Waals surface area (Å²) in [5.41, 5.74) is 2.16. The number of benzene rings is 3. The van der Waals surface area contributed by atoms with Crippen molar-refractivity contribution in [2.75, 3.05) is 6.54 Å². The molecule has 0 fully saturated rings. The summed E-state index contributed by atoms with van der Waals surface area (Å²) in [6, 6.07) is 16.8. The summed E-state index contributed by atoms with van der Waals surface area (Å²) in [5.74, 6) is -1.80. The van der Waals surface area contributed by atoms with E-state index in [1.54, 1.807) is 6.07 Å². The monoisotopic (exact) mass is 451 g/mol. The van der Waals surface area contributed by atoms with Crippen molar-refractivity contribution >= 4 is 16.9 Å². The highest BCUT2D eigenvalue weighted by atomic mass is 19.1. The lowest BCUT2D eigenvalue weighted by molar-refractivity contribution is 0.0711. The van der Waals surface area contributed by atoms with E-state index in [2.05, 4.69) is 0 Å². The number of halogens is 3. The number of carbonyl (C=O) groups is 1. The van der Waals surface area contributed by atoms with E-state index in [9.17, 15) is 18.0 Å². The Labute approximate surface area is 190 Å². The number of amides is 1. The second kappa shape index (κ2) is 9.48. The first kappa shape index (κ1) is 22.6. The molecule has 4 aromatic rings. The van der Waals surface area contributed by atoms with Gasteiger partial charge in [-0.2, -0.15) is 0 Å². The summed E-state index contributed by atoms with van der Waals surface area (Å²) in [6.07, 6.45) is 0. The second-order valence-electron chi connectivity index (χ2n) is 8.44. The highest BCUT2D eigenvalue weighted by Crippen LogP contribution is 2.22. The molecule has 33 heavy (non-hydrogen) atoms. The number of imidazole rings is 1. The molecule has 4 nitrogen and oxygen atoms in total. The number of para-hydroxylation sites is 2. The Bertz CT molecular complexity index is 1300. The second-order valence-corrected chi connectivity index (χ2v) is 8.44. The van der Waals surface area contributed by atoms with Crippen LogP contribution in [0, 0.1) is 23.4 Å². The zero-order valence-corrected chi connectivity index (χ0v) is 18.4. The van der Waals surface area contributed by atoms with Gasteiger partial charge in [0.15, 0.2) is 0 Å². The molecule has 0 aliphatic carbocycles. The van der Waals surface area contributed by atoms with Crippen molar-refractivity contribution < 1.29 is 18.0 Å². The first-order chi connectivity index (χ1) is 15.8. The van der Waals surface area contributed by atoms with Crippen molar-refractivity contribution in [3.63, 3.8) is 0 Å². The molecule has 4 rings (SSSR count). The molecule has 7 heteroatoms. The van der Waals surface area contributed by atoms with E-state index >= 15 is 0 Å². The zero-order valence-electron chi connectivity index (χ0n) is 18.4. The fourth-order valence-corrected chi connectivity index (χ4v) is 3.90. The van der Waals surface area contributed by atoms with Gasteiger partial charge in [-0.3, -0.25) is 4.79 Å².